The number of aromatic nitrogens is 3. The van der Waals surface area contributed by atoms with E-state index in [1.807, 2.05) is 67.0 Å². The summed E-state index contributed by atoms with van der Waals surface area (Å²) in [6, 6.07) is 7.31. The quantitative estimate of drug-likeness (QED) is 0.118. The highest BCUT2D eigenvalue weighted by molar-refractivity contribution is 6.99. The van der Waals surface area contributed by atoms with Gasteiger partial charge in [0.1, 0.15) is 23.6 Å². The normalized spacial score (nSPS) is 22.5. The zero-order valence-corrected chi connectivity index (χ0v) is 43.3. The predicted octanol–water partition coefficient (Wildman–Crippen LogP) is 5.03. The number of likely N-dealkylation sites (N-methyl/N-ethyl adjacent to an activating group) is 2. The number of nitrogens with zero attached hydrogens (tertiary/aromatic N) is 8. The average Bonchev–Trinajstić information content (AvgIpc) is 4.02. The van der Waals surface area contributed by atoms with Gasteiger partial charge in [0, 0.05) is 81.0 Å². The molecule has 2 N–H and O–H groups in total. The second-order valence-electron chi connectivity index (χ2n) is 20.7. The van der Waals surface area contributed by atoms with Gasteiger partial charge < -0.3 is 39.0 Å². The Hall–Kier alpha value is -5.69. The average molecular weight is 980 g/mol. The van der Waals surface area contributed by atoms with Crippen LogP contribution in [0.15, 0.2) is 60.3 Å². The van der Waals surface area contributed by atoms with Gasteiger partial charge in [0.2, 0.25) is 11.8 Å². The minimum Gasteiger partial charge on any atom is -0.464 e. The number of fused-ring (bicyclic) bond motifs is 7. The molecule has 0 radical (unpaired) electrons. The molecule has 8 rings (SSSR count). The number of carbonyl (C=O) groups excluding carboxylic acids is 5. The number of urea groups is 1. The summed E-state index contributed by atoms with van der Waals surface area (Å²) in [7, 11) is 7.21. The number of pyridine rings is 1. The van der Waals surface area contributed by atoms with Gasteiger partial charge in [0.05, 0.1) is 47.1 Å². The molecule has 4 aromatic rings. The minimum absolute atomic E-state index is 0.0609. The van der Waals surface area contributed by atoms with E-state index < -0.39 is 41.3 Å². The molecule has 4 aliphatic heterocycles. The molecule has 3 fully saturated rings. The second kappa shape index (κ2) is 21.0. The van der Waals surface area contributed by atoms with Crippen molar-refractivity contribution >= 4 is 52.2 Å². The first-order valence-electron chi connectivity index (χ1n) is 24.7. The Balaban J connectivity index is 1.10. The fraction of sp³-hybridized carbons (Fsp3) is 0.558. The van der Waals surface area contributed by atoms with Crippen LogP contribution in [0.4, 0.5) is 4.79 Å². The number of nitrogens with one attached hydrogen (secondary N) is 2. The highest BCUT2D eigenvalue weighted by Crippen LogP contribution is 2.42. The number of hydrogen-bond acceptors (Lipinski definition) is 11. The van der Waals surface area contributed by atoms with Crippen LogP contribution in [0.2, 0.25) is 0 Å². The number of methoxy groups -OCH3 is 1. The molecule has 0 spiro atoms. The van der Waals surface area contributed by atoms with Crippen LogP contribution in [-0.4, -0.2) is 155 Å². The first kappa shape index (κ1) is 50.7. The topological polar surface area (TPSA) is 166 Å². The van der Waals surface area contributed by atoms with E-state index in [4.69, 9.17) is 14.5 Å². The summed E-state index contributed by atoms with van der Waals surface area (Å²) in [5, 5.41) is 7.66. The van der Waals surface area contributed by atoms with Crippen LogP contribution in [0.25, 0.3) is 33.3 Å². The van der Waals surface area contributed by atoms with Gasteiger partial charge in [0.15, 0.2) is 18.8 Å². The van der Waals surface area contributed by atoms with Crippen LogP contribution in [0, 0.1) is 11.3 Å². The third kappa shape index (κ3) is 10.2. The number of rotatable bonds is 11. The Bertz CT molecular complexity index is 2640. The molecule has 0 aliphatic carbocycles. The molecule has 3 saturated heterocycles. The molecule has 4 aliphatic rings. The number of amides is 5. The van der Waals surface area contributed by atoms with Crippen molar-refractivity contribution in [3.05, 3.63) is 71.5 Å². The highest BCUT2D eigenvalue weighted by Gasteiger charge is 2.52. The summed E-state index contributed by atoms with van der Waals surface area (Å²) in [4.78, 5) is 82.4. The number of likely N-dealkylation sites (tertiary alicyclic amines) is 2. The summed E-state index contributed by atoms with van der Waals surface area (Å²) in [5.41, 5.74) is 9.69. The molecule has 7 heterocycles. The van der Waals surface area contributed by atoms with Gasteiger partial charge in [-0.25, -0.2) is 10.2 Å². The number of ether oxygens (including phenoxy) is 2. The van der Waals surface area contributed by atoms with Gasteiger partial charge in [-0.15, -0.1) is 3.96 Å². The molecule has 1 unspecified atom stereocenters. The van der Waals surface area contributed by atoms with E-state index in [-0.39, 0.29) is 49.2 Å². The van der Waals surface area contributed by atoms with Gasteiger partial charge >= 0.3 is 12.0 Å². The lowest BCUT2D eigenvalue weighted by atomic mass is 9.84. The molecule has 17 nitrogen and oxygen atoms in total. The van der Waals surface area contributed by atoms with Crippen molar-refractivity contribution in [3.8, 4) is 22.4 Å². The molecule has 6 atom stereocenters. The maximum atomic E-state index is 14.7. The molecule has 1 aromatic carbocycles. The lowest BCUT2D eigenvalue weighted by molar-refractivity contribution is -0.629. The van der Waals surface area contributed by atoms with Crippen molar-refractivity contribution < 1.29 is 37.4 Å². The third-order valence-electron chi connectivity index (χ3n) is 14.4. The van der Waals surface area contributed by atoms with Gasteiger partial charge in [0.25, 0.3) is 5.91 Å². The standard InChI is InChI=1S/C52H70N10O7S/c1-11-59-41-19-18-34-25-37(41)38(47(59)36-15-12-21-53-45(36)33(4)68-10)26-52(5,6)31-69-50(66)39-16-13-23-62(55-39)49(65)40(28-58-27-35(34)30-70-58)54-48(64)46(32(2)3)57(9)51(67)61-29-43-42(61)20-24-60(43)44(63)17-14-22-56(7)8/h12,14-15,17-19,21,25,27,30,32-33,39-40,42-43,46,55H,11,13,16,20,22-24,26,28-29,31H2,1-10H3/p+1/b17-14+/t33-,39-,40-,42?,43-,46-/m0/s1. The first-order valence-corrected chi connectivity index (χ1v) is 25.6. The zero-order valence-electron chi connectivity index (χ0n) is 42.4. The summed E-state index contributed by atoms with van der Waals surface area (Å²) < 4.78 is 16.2. The molecule has 3 aromatic heterocycles. The van der Waals surface area contributed by atoms with Gasteiger partial charge in [-0.05, 0) is 94.9 Å². The summed E-state index contributed by atoms with van der Waals surface area (Å²) in [6.07, 6.45) is 9.28. The first-order chi connectivity index (χ1) is 33.4. The Morgan fingerprint density at radius 3 is 2.59 bits per heavy atom. The van der Waals surface area contributed by atoms with E-state index in [0.29, 0.717) is 58.4 Å². The Kier molecular flexibility index (Phi) is 15.2. The number of benzene rings is 1. The number of hydrazine groups is 1. The molecule has 376 valence electrons. The molecule has 18 heteroatoms. The van der Waals surface area contributed by atoms with Crippen LogP contribution in [0.5, 0.6) is 0 Å². The van der Waals surface area contributed by atoms with Crippen LogP contribution in [0.1, 0.15) is 78.2 Å². The summed E-state index contributed by atoms with van der Waals surface area (Å²) >= 11 is 1.44. The Morgan fingerprint density at radius 1 is 1.07 bits per heavy atom. The third-order valence-corrected chi connectivity index (χ3v) is 15.3. The van der Waals surface area contributed by atoms with E-state index in [1.54, 1.807) is 31.3 Å². The molecule has 70 heavy (non-hydrogen) atoms. The van der Waals surface area contributed by atoms with Crippen LogP contribution in [-0.2, 0) is 48.2 Å². The number of aryl methyl sites for hydroxylation is 1. The van der Waals surface area contributed by atoms with Gasteiger partial charge in [-0.1, -0.05) is 39.8 Å². The SMILES string of the molecule is CCn1c(-c2cccnc2[C@H](C)OC)c2c3cc(ccc31)-c1cs[n+](c1)C[C@H](NC(=O)[C@H](C(C)C)N(C)C(=O)N1C[C@H]3C1CCN3C(=O)/C=C/CN(C)C)C(=O)N1CCC[C@H](N1)C(=O)OCC(C)(C)C2. The minimum atomic E-state index is -1.06. The predicted molar refractivity (Wildman–Crippen MR) is 268 cm³/mol. The van der Waals surface area contributed by atoms with Gasteiger partial charge in [-0.3, -0.25) is 29.2 Å². The number of cyclic esters (lactones) is 1. The summed E-state index contributed by atoms with van der Waals surface area (Å²) in [6.45, 7) is 15.0. The molecule has 6 bridgehead atoms. The smallest absolute Gasteiger partial charge is 0.324 e. The van der Waals surface area contributed by atoms with Crippen molar-refractivity contribution in [2.24, 2.45) is 11.3 Å². The molecular formula is C52H71N10O7S+. The monoisotopic (exact) mass is 980 g/mol. The zero-order chi connectivity index (χ0) is 50.2. The lowest BCUT2D eigenvalue weighted by Crippen LogP contribution is -2.68. The summed E-state index contributed by atoms with van der Waals surface area (Å²) in [5.74, 6) is -1.68. The molecule has 5 amide bonds. The fourth-order valence-electron chi connectivity index (χ4n) is 10.7. The number of carbonyl (C=O) groups is 5. The van der Waals surface area contributed by atoms with Crippen molar-refractivity contribution in [3.63, 3.8) is 0 Å². The van der Waals surface area contributed by atoms with Gasteiger partial charge in [-0.2, -0.15) is 0 Å². The fourth-order valence-corrected chi connectivity index (χ4v) is 11.6. The Labute approximate surface area is 415 Å². The van der Waals surface area contributed by atoms with Crippen molar-refractivity contribution in [2.75, 3.05) is 61.0 Å². The van der Waals surface area contributed by atoms with Crippen LogP contribution < -0.4 is 14.7 Å². The largest absolute Gasteiger partial charge is 0.464 e. The van der Waals surface area contributed by atoms with E-state index >= 15 is 0 Å². The maximum absolute atomic E-state index is 14.7. The van der Waals surface area contributed by atoms with Crippen LogP contribution >= 0.6 is 11.5 Å². The van der Waals surface area contributed by atoms with Crippen molar-refractivity contribution in [1.82, 2.24) is 44.9 Å². The Morgan fingerprint density at radius 2 is 1.86 bits per heavy atom. The lowest BCUT2D eigenvalue weighted by Gasteiger charge is -2.48. The van der Waals surface area contributed by atoms with Crippen molar-refractivity contribution in [1.29, 1.82) is 0 Å². The number of esters is 1. The van der Waals surface area contributed by atoms with E-state index in [0.717, 1.165) is 44.5 Å². The van der Waals surface area contributed by atoms with Crippen molar-refractivity contribution in [2.45, 2.75) is 117 Å². The van der Waals surface area contributed by atoms with E-state index in [1.165, 1.54) is 21.4 Å². The van der Waals surface area contributed by atoms with E-state index in [2.05, 4.69) is 65.7 Å². The maximum Gasteiger partial charge on any atom is 0.324 e. The molecular weight excluding hydrogens is 909 g/mol. The highest BCUT2D eigenvalue weighted by atomic mass is 32.1. The molecule has 0 saturated carbocycles. The second-order valence-corrected chi connectivity index (χ2v) is 21.6. The van der Waals surface area contributed by atoms with Crippen LogP contribution in [0.3, 0.4) is 0 Å². The van der Waals surface area contributed by atoms with E-state index in [9.17, 15) is 24.0 Å². The number of hydrogen-bond donors (Lipinski definition) is 2.